The Bertz CT molecular complexity index is 1000. The number of piperazine rings is 1. The van der Waals surface area contributed by atoms with Crippen molar-refractivity contribution < 1.29 is 14.4 Å². The predicted octanol–water partition coefficient (Wildman–Crippen LogP) is 3.65. The van der Waals surface area contributed by atoms with Gasteiger partial charge in [0.1, 0.15) is 0 Å². The van der Waals surface area contributed by atoms with Crippen molar-refractivity contribution >= 4 is 52.2 Å². The molecule has 2 saturated heterocycles. The molecule has 2 fully saturated rings. The molecule has 0 aliphatic carbocycles. The minimum atomic E-state index is -0.491. The lowest BCUT2D eigenvalue weighted by Crippen LogP contribution is -2.52. The summed E-state index contributed by atoms with van der Waals surface area (Å²) in [7, 11) is 0. The molecule has 0 spiro atoms. The highest BCUT2D eigenvalue weighted by atomic mass is 35.5. The van der Waals surface area contributed by atoms with E-state index in [9.17, 15) is 14.4 Å². The van der Waals surface area contributed by atoms with E-state index < -0.39 is 6.04 Å². The monoisotopic (exact) mass is 445 g/mol. The fraction of sp³-hybridized carbons (Fsp3) is 0.318. The molecule has 0 radical (unpaired) electrons. The molecule has 2 heterocycles. The first kappa shape index (κ1) is 20.8. The van der Waals surface area contributed by atoms with Crippen molar-refractivity contribution in [3.8, 4) is 0 Å². The zero-order chi connectivity index (χ0) is 21.4. The van der Waals surface area contributed by atoms with Gasteiger partial charge >= 0.3 is 0 Å². The van der Waals surface area contributed by atoms with Gasteiger partial charge < -0.3 is 4.90 Å². The third kappa shape index (κ3) is 3.83. The van der Waals surface area contributed by atoms with Crippen molar-refractivity contribution in [2.45, 2.75) is 19.4 Å². The van der Waals surface area contributed by atoms with Gasteiger partial charge in [0.05, 0.1) is 28.2 Å². The molecule has 2 aliphatic rings. The van der Waals surface area contributed by atoms with Crippen molar-refractivity contribution in [1.29, 1.82) is 0 Å². The number of ketones is 1. The van der Waals surface area contributed by atoms with Crippen molar-refractivity contribution in [3.63, 3.8) is 0 Å². The summed E-state index contributed by atoms with van der Waals surface area (Å²) in [4.78, 5) is 42.5. The van der Waals surface area contributed by atoms with Crippen LogP contribution < -0.4 is 9.80 Å². The van der Waals surface area contributed by atoms with Crippen LogP contribution in [0, 0.1) is 0 Å². The molecule has 2 aromatic carbocycles. The maximum atomic E-state index is 13.0. The van der Waals surface area contributed by atoms with E-state index in [4.69, 9.17) is 23.2 Å². The van der Waals surface area contributed by atoms with Crippen molar-refractivity contribution in [3.05, 3.63) is 58.1 Å². The van der Waals surface area contributed by atoms with E-state index in [1.54, 1.807) is 25.1 Å². The fourth-order valence-corrected chi connectivity index (χ4v) is 4.40. The Balaban J connectivity index is 1.44. The van der Waals surface area contributed by atoms with E-state index >= 15 is 0 Å². The minimum Gasteiger partial charge on any atom is -0.369 e. The van der Waals surface area contributed by atoms with Crippen LogP contribution in [0.15, 0.2) is 42.5 Å². The molecule has 0 unspecified atom stereocenters. The molecule has 0 bridgehead atoms. The molecular formula is C22H21Cl2N3O3. The average molecular weight is 446 g/mol. The van der Waals surface area contributed by atoms with E-state index in [2.05, 4.69) is 9.80 Å². The van der Waals surface area contributed by atoms with Crippen LogP contribution in [0.1, 0.15) is 23.7 Å². The highest BCUT2D eigenvalue weighted by Gasteiger charge is 2.44. The van der Waals surface area contributed by atoms with Gasteiger partial charge in [-0.05, 0) is 43.3 Å². The van der Waals surface area contributed by atoms with Gasteiger partial charge in [-0.25, -0.2) is 4.90 Å². The SMILES string of the molecule is CC(=O)c1ccc(N2CCN([C@@H]3CC(=O)N(c4cccc(Cl)c4Cl)C3=O)CC2)cc1. The first-order valence-corrected chi connectivity index (χ1v) is 10.5. The largest absolute Gasteiger partial charge is 0.369 e. The Labute approximate surface area is 184 Å². The molecule has 6 nitrogen and oxygen atoms in total. The van der Waals surface area contributed by atoms with Crippen LogP contribution in [-0.4, -0.2) is 54.7 Å². The summed E-state index contributed by atoms with van der Waals surface area (Å²) in [5.74, 6) is -0.486. The molecule has 2 aliphatic heterocycles. The first-order chi connectivity index (χ1) is 14.4. The zero-order valence-corrected chi connectivity index (χ0v) is 18.0. The number of benzene rings is 2. The Morgan fingerprint density at radius 3 is 2.27 bits per heavy atom. The predicted molar refractivity (Wildman–Crippen MR) is 118 cm³/mol. The Morgan fingerprint density at radius 1 is 0.967 bits per heavy atom. The second-order valence-electron chi connectivity index (χ2n) is 7.49. The average Bonchev–Trinajstić information content (AvgIpc) is 3.04. The maximum absolute atomic E-state index is 13.0. The number of carbonyl (C=O) groups excluding carboxylic acids is 3. The van der Waals surface area contributed by atoms with Crippen LogP contribution >= 0.6 is 23.2 Å². The second kappa shape index (κ2) is 8.38. The van der Waals surface area contributed by atoms with Gasteiger partial charge in [-0.15, -0.1) is 0 Å². The highest BCUT2D eigenvalue weighted by Crippen LogP contribution is 2.36. The molecule has 2 aromatic rings. The molecule has 0 N–H and O–H groups in total. The Morgan fingerprint density at radius 2 is 1.63 bits per heavy atom. The van der Waals surface area contributed by atoms with Crippen molar-refractivity contribution in [2.24, 2.45) is 0 Å². The number of anilines is 2. The Kier molecular flexibility index (Phi) is 5.82. The third-order valence-electron chi connectivity index (χ3n) is 5.69. The number of nitrogens with zero attached hydrogens (tertiary/aromatic N) is 3. The van der Waals surface area contributed by atoms with Crippen LogP contribution in [0.25, 0.3) is 0 Å². The summed E-state index contributed by atoms with van der Waals surface area (Å²) in [6, 6.07) is 12.0. The number of carbonyl (C=O) groups is 3. The molecule has 2 amide bonds. The van der Waals surface area contributed by atoms with E-state index in [-0.39, 0.29) is 29.0 Å². The third-order valence-corrected chi connectivity index (χ3v) is 6.50. The van der Waals surface area contributed by atoms with Gasteiger partial charge in [0, 0.05) is 37.4 Å². The molecule has 4 rings (SSSR count). The number of Topliss-reactive ketones (excluding diaryl/α,β-unsaturated/α-hetero) is 1. The van der Waals surface area contributed by atoms with E-state index in [0.717, 1.165) is 23.7 Å². The number of hydrogen-bond donors (Lipinski definition) is 0. The molecule has 0 saturated carbocycles. The van der Waals surface area contributed by atoms with E-state index in [1.807, 2.05) is 24.3 Å². The lowest BCUT2D eigenvalue weighted by Gasteiger charge is -2.38. The number of amides is 2. The molecule has 156 valence electrons. The first-order valence-electron chi connectivity index (χ1n) is 9.77. The van der Waals surface area contributed by atoms with Crippen LogP contribution in [0.5, 0.6) is 0 Å². The zero-order valence-electron chi connectivity index (χ0n) is 16.5. The van der Waals surface area contributed by atoms with E-state index in [0.29, 0.717) is 29.4 Å². The van der Waals surface area contributed by atoms with Crippen molar-refractivity contribution in [1.82, 2.24) is 4.90 Å². The summed E-state index contributed by atoms with van der Waals surface area (Å²) in [6.45, 7) is 4.34. The number of imide groups is 1. The van der Waals surface area contributed by atoms with Gasteiger partial charge in [0.2, 0.25) is 5.91 Å². The van der Waals surface area contributed by atoms with Gasteiger partial charge in [0.15, 0.2) is 5.78 Å². The van der Waals surface area contributed by atoms with Crippen LogP contribution in [0.4, 0.5) is 11.4 Å². The summed E-state index contributed by atoms with van der Waals surface area (Å²) in [5, 5.41) is 0.517. The van der Waals surface area contributed by atoms with Crippen LogP contribution in [-0.2, 0) is 9.59 Å². The van der Waals surface area contributed by atoms with Gasteiger partial charge in [-0.3, -0.25) is 19.3 Å². The maximum Gasteiger partial charge on any atom is 0.251 e. The second-order valence-corrected chi connectivity index (χ2v) is 8.27. The fourth-order valence-electron chi connectivity index (χ4n) is 4.02. The molecule has 8 heteroatoms. The molecule has 30 heavy (non-hydrogen) atoms. The standard InChI is InChI=1S/C22H21Cl2N3O3/c1-14(28)15-5-7-16(8-6-15)25-9-11-26(12-10-25)19-13-20(29)27(22(19)30)18-4-2-3-17(23)21(18)24/h2-8,19H,9-13H2,1H3/t19-/m1/s1. The quantitative estimate of drug-likeness (QED) is 0.530. The molecule has 0 aromatic heterocycles. The topological polar surface area (TPSA) is 60.9 Å². The van der Waals surface area contributed by atoms with Crippen LogP contribution in [0.2, 0.25) is 10.0 Å². The lowest BCUT2D eigenvalue weighted by atomic mass is 10.1. The molecular weight excluding hydrogens is 425 g/mol. The highest BCUT2D eigenvalue weighted by molar-refractivity contribution is 6.44. The summed E-state index contributed by atoms with van der Waals surface area (Å²) < 4.78 is 0. The van der Waals surface area contributed by atoms with Gasteiger partial charge in [0.25, 0.3) is 5.91 Å². The summed E-state index contributed by atoms with van der Waals surface area (Å²) in [6.07, 6.45) is 0.134. The number of halogens is 2. The van der Waals surface area contributed by atoms with Gasteiger partial charge in [-0.2, -0.15) is 0 Å². The van der Waals surface area contributed by atoms with Crippen molar-refractivity contribution in [2.75, 3.05) is 36.0 Å². The summed E-state index contributed by atoms with van der Waals surface area (Å²) in [5.41, 5.74) is 2.07. The number of hydrogen-bond acceptors (Lipinski definition) is 5. The Hall–Kier alpha value is -2.41. The van der Waals surface area contributed by atoms with E-state index in [1.165, 1.54) is 0 Å². The van der Waals surface area contributed by atoms with Crippen LogP contribution in [0.3, 0.4) is 0 Å². The summed E-state index contributed by atoms with van der Waals surface area (Å²) >= 11 is 12.3. The normalized spacial score (nSPS) is 20.2. The minimum absolute atomic E-state index is 0.0418. The smallest absolute Gasteiger partial charge is 0.251 e. The molecule has 1 atom stereocenters. The number of rotatable bonds is 4. The lowest BCUT2D eigenvalue weighted by molar-refractivity contribution is -0.123. The van der Waals surface area contributed by atoms with Gasteiger partial charge in [-0.1, -0.05) is 29.3 Å².